The third-order valence-corrected chi connectivity index (χ3v) is 5.69. The van der Waals surface area contributed by atoms with Gasteiger partial charge in [-0.25, -0.2) is 8.42 Å². The molecule has 5 nitrogen and oxygen atoms in total. The molecule has 0 amide bonds. The van der Waals surface area contributed by atoms with Crippen molar-refractivity contribution in [2.24, 2.45) is 0 Å². The Balaban J connectivity index is 2.96. The Morgan fingerprint density at radius 1 is 1.35 bits per heavy atom. The van der Waals surface area contributed by atoms with Gasteiger partial charge in [0.1, 0.15) is 4.21 Å². The van der Waals surface area contributed by atoms with Crippen molar-refractivity contribution in [2.45, 2.75) is 30.0 Å². The van der Waals surface area contributed by atoms with E-state index in [2.05, 4.69) is 4.72 Å². The molecule has 98 valence electrons. The molecular weight excluding hydrogens is 262 g/mol. The fourth-order valence-corrected chi connectivity index (χ4v) is 3.87. The smallest absolute Gasteiger partial charge is 0.250 e. The van der Waals surface area contributed by atoms with Crippen LogP contribution < -0.4 is 4.72 Å². The summed E-state index contributed by atoms with van der Waals surface area (Å²) in [6.07, 6.45) is 0.775. The predicted octanol–water partition coefficient (Wildman–Crippen LogP) is 0.332. The molecule has 0 radical (unpaired) electrons. The van der Waals surface area contributed by atoms with Crippen molar-refractivity contribution in [2.75, 3.05) is 13.2 Å². The van der Waals surface area contributed by atoms with Crippen LogP contribution in [-0.2, 0) is 16.4 Å². The monoisotopic (exact) mass is 279 g/mol. The summed E-state index contributed by atoms with van der Waals surface area (Å²) in [6.45, 7) is 2.46. The summed E-state index contributed by atoms with van der Waals surface area (Å²) >= 11 is 1.19. The fourth-order valence-electron chi connectivity index (χ4n) is 1.18. The lowest BCUT2D eigenvalue weighted by Gasteiger charge is -2.25. The summed E-state index contributed by atoms with van der Waals surface area (Å²) in [5.74, 6) is 0. The molecule has 17 heavy (non-hydrogen) atoms. The Hall–Kier alpha value is -0.470. The Kier molecular flexibility index (Phi) is 4.68. The highest BCUT2D eigenvalue weighted by atomic mass is 32.2. The molecule has 0 unspecified atom stereocenters. The first-order valence-electron chi connectivity index (χ1n) is 5.21. The number of aliphatic hydroxyl groups excluding tert-OH is 2. The SMILES string of the molecule is CCc1ccc(S(=O)(=O)NC(C)(CO)CO)s1. The van der Waals surface area contributed by atoms with E-state index < -0.39 is 28.8 Å². The van der Waals surface area contributed by atoms with Crippen molar-refractivity contribution in [1.82, 2.24) is 4.72 Å². The second-order valence-electron chi connectivity index (χ2n) is 4.06. The van der Waals surface area contributed by atoms with Crippen LogP contribution in [0.1, 0.15) is 18.7 Å². The zero-order chi connectivity index (χ0) is 13.1. The van der Waals surface area contributed by atoms with E-state index in [4.69, 9.17) is 10.2 Å². The highest BCUT2D eigenvalue weighted by molar-refractivity contribution is 7.91. The van der Waals surface area contributed by atoms with Gasteiger partial charge in [-0.05, 0) is 25.5 Å². The van der Waals surface area contributed by atoms with Crippen LogP contribution in [0.2, 0.25) is 0 Å². The highest BCUT2D eigenvalue weighted by Crippen LogP contribution is 2.23. The largest absolute Gasteiger partial charge is 0.394 e. The van der Waals surface area contributed by atoms with Crippen LogP contribution in [-0.4, -0.2) is 37.4 Å². The van der Waals surface area contributed by atoms with Gasteiger partial charge in [0.25, 0.3) is 10.0 Å². The Bertz CT molecular complexity index is 462. The minimum atomic E-state index is -3.68. The average Bonchev–Trinajstić information content (AvgIpc) is 2.77. The zero-order valence-electron chi connectivity index (χ0n) is 9.80. The number of aryl methyl sites for hydroxylation is 1. The van der Waals surface area contributed by atoms with Gasteiger partial charge in [0, 0.05) is 4.88 Å². The lowest BCUT2D eigenvalue weighted by molar-refractivity contribution is 0.122. The van der Waals surface area contributed by atoms with Gasteiger partial charge in [-0.1, -0.05) is 6.92 Å². The first-order valence-corrected chi connectivity index (χ1v) is 7.51. The maximum atomic E-state index is 12.0. The average molecular weight is 279 g/mol. The van der Waals surface area contributed by atoms with E-state index in [9.17, 15) is 8.42 Å². The fraction of sp³-hybridized carbons (Fsp3) is 0.600. The first kappa shape index (κ1) is 14.6. The Morgan fingerprint density at radius 3 is 2.35 bits per heavy atom. The maximum absolute atomic E-state index is 12.0. The molecule has 0 aliphatic rings. The van der Waals surface area contributed by atoms with E-state index in [1.54, 1.807) is 6.07 Å². The molecule has 1 aromatic heterocycles. The molecule has 1 heterocycles. The van der Waals surface area contributed by atoms with Crippen LogP contribution >= 0.6 is 11.3 Å². The summed E-state index contributed by atoms with van der Waals surface area (Å²) in [7, 11) is -3.68. The van der Waals surface area contributed by atoms with Crippen molar-refractivity contribution >= 4 is 21.4 Å². The summed E-state index contributed by atoms with van der Waals surface area (Å²) in [5.41, 5.74) is -1.24. The van der Waals surface area contributed by atoms with Crippen molar-refractivity contribution in [3.8, 4) is 0 Å². The molecule has 0 saturated carbocycles. The van der Waals surface area contributed by atoms with Gasteiger partial charge in [-0.3, -0.25) is 0 Å². The van der Waals surface area contributed by atoms with E-state index in [0.717, 1.165) is 11.3 Å². The number of rotatable bonds is 6. The molecule has 0 bridgehead atoms. The standard InChI is InChI=1S/C10H17NO4S2/c1-3-8-4-5-9(16-8)17(14,15)11-10(2,6-12)7-13/h4-5,11-13H,3,6-7H2,1-2H3. The quantitative estimate of drug-likeness (QED) is 0.700. The molecule has 0 saturated heterocycles. The molecule has 1 aromatic rings. The number of aliphatic hydroxyl groups is 2. The van der Waals surface area contributed by atoms with Crippen molar-refractivity contribution in [3.63, 3.8) is 0 Å². The number of hydrogen-bond acceptors (Lipinski definition) is 5. The van der Waals surface area contributed by atoms with Gasteiger partial charge in [-0.2, -0.15) is 4.72 Å². The molecular formula is C10H17NO4S2. The second kappa shape index (κ2) is 5.45. The lowest BCUT2D eigenvalue weighted by Crippen LogP contribution is -2.51. The summed E-state index contributed by atoms with van der Waals surface area (Å²) in [4.78, 5) is 0.972. The summed E-state index contributed by atoms with van der Waals surface area (Å²) in [6, 6.07) is 3.29. The molecule has 3 N–H and O–H groups in total. The van der Waals surface area contributed by atoms with Crippen LogP contribution in [0.25, 0.3) is 0 Å². The third-order valence-electron chi connectivity index (χ3n) is 2.33. The van der Waals surface area contributed by atoms with E-state index >= 15 is 0 Å². The molecule has 0 atom stereocenters. The predicted molar refractivity (Wildman–Crippen MR) is 66.6 cm³/mol. The van der Waals surface area contributed by atoms with Gasteiger partial charge in [0.15, 0.2) is 0 Å². The molecule has 0 aliphatic heterocycles. The molecule has 0 spiro atoms. The van der Waals surface area contributed by atoms with Gasteiger partial charge < -0.3 is 10.2 Å². The topological polar surface area (TPSA) is 86.6 Å². The number of thiophene rings is 1. The Morgan fingerprint density at radius 2 is 1.94 bits per heavy atom. The minimum Gasteiger partial charge on any atom is -0.394 e. The van der Waals surface area contributed by atoms with E-state index in [1.807, 2.05) is 6.92 Å². The lowest BCUT2D eigenvalue weighted by atomic mass is 10.1. The van der Waals surface area contributed by atoms with Gasteiger partial charge in [0.2, 0.25) is 0 Å². The summed E-state index contributed by atoms with van der Waals surface area (Å²) in [5, 5.41) is 18.1. The van der Waals surface area contributed by atoms with Gasteiger partial charge in [-0.15, -0.1) is 11.3 Å². The molecule has 0 fully saturated rings. The van der Waals surface area contributed by atoms with Crippen LogP contribution in [0.4, 0.5) is 0 Å². The molecule has 7 heteroatoms. The third kappa shape index (κ3) is 3.49. The van der Waals surface area contributed by atoms with E-state index in [0.29, 0.717) is 0 Å². The first-order chi connectivity index (χ1) is 7.87. The van der Waals surface area contributed by atoms with Crippen LogP contribution in [0.3, 0.4) is 0 Å². The number of hydrogen-bond donors (Lipinski definition) is 3. The zero-order valence-corrected chi connectivity index (χ0v) is 11.4. The second-order valence-corrected chi connectivity index (χ2v) is 7.13. The highest BCUT2D eigenvalue weighted by Gasteiger charge is 2.30. The number of nitrogens with one attached hydrogen (secondary N) is 1. The molecule has 0 aromatic carbocycles. The van der Waals surface area contributed by atoms with Crippen molar-refractivity contribution in [1.29, 1.82) is 0 Å². The molecule has 1 rings (SSSR count). The van der Waals surface area contributed by atoms with Gasteiger partial charge >= 0.3 is 0 Å². The van der Waals surface area contributed by atoms with E-state index in [-0.39, 0.29) is 4.21 Å². The summed E-state index contributed by atoms with van der Waals surface area (Å²) < 4.78 is 26.4. The minimum absolute atomic E-state index is 0.197. The maximum Gasteiger partial charge on any atom is 0.250 e. The van der Waals surface area contributed by atoms with E-state index in [1.165, 1.54) is 24.3 Å². The van der Waals surface area contributed by atoms with Crippen molar-refractivity contribution < 1.29 is 18.6 Å². The molecule has 0 aliphatic carbocycles. The van der Waals surface area contributed by atoms with Crippen LogP contribution in [0, 0.1) is 0 Å². The number of sulfonamides is 1. The van der Waals surface area contributed by atoms with Crippen LogP contribution in [0.15, 0.2) is 16.3 Å². The van der Waals surface area contributed by atoms with Crippen molar-refractivity contribution in [3.05, 3.63) is 17.0 Å². The van der Waals surface area contributed by atoms with Crippen LogP contribution in [0.5, 0.6) is 0 Å². The Labute approximate surface area is 105 Å². The normalized spacial score (nSPS) is 12.9. The van der Waals surface area contributed by atoms with Gasteiger partial charge in [0.05, 0.1) is 18.8 Å².